The van der Waals surface area contributed by atoms with Crippen LogP contribution >= 0.6 is 0 Å². The average molecular weight is 506 g/mol. The van der Waals surface area contributed by atoms with Gasteiger partial charge in [0.1, 0.15) is 5.75 Å². The SMILES string of the molecule is Cc1ccc(C(=O)NC2CC3CCC(C2)N3C(C)c2ccc(OCCCCN(C)C)c(C)c2C)cc1C. The Morgan fingerprint density at radius 2 is 1.70 bits per heavy atom. The fourth-order valence-electron chi connectivity index (χ4n) is 6.41. The van der Waals surface area contributed by atoms with E-state index in [1.165, 1.54) is 40.7 Å². The number of aryl methyl sites for hydroxylation is 2. The Labute approximate surface area is 224 Å². The van der Waals surface area contributed by atoms with Crippen molar-refractivity contribution in [1.29, 1.82) is 0 Å². The number of nitrogens with one attached hydrogen (secondary N) is 1. The van der Waals surface area contributed by atoms with Gasteiger partial charge in [-0.25, -0.2) is 0 Å². The minimum absolute atomic E-state index is 0.0674. The van der Waals surface area contributed by atoms with Gasteiger partial charge in [-0.1, -0.05) is 12.1 Å². The maximum Gasteiger partial charge on any atom is 0.251 e. The number of nitrogens with zero attached hydrogens (tertiary/aromatic N) is 2. The molecule has 37 heavy (non-hydrogen) atoms. The first kappa shape index (κ1) is 27.7. The van der Waals surface area contributed by atoms with Crippen LogP contribution in [0.2, 0.25) is 0 Å². The number of fused-ring (bicyclic) bond motifs is 2. The van der Waals surface area contributed by atoms with Crippen LogP contribution in [-0.2, 0) is 0 Å². The van der Waals surface area contributed by atoms with E-state index in [0.717, 1.165) is 50.1 Å². The molecule has 3 atom stereocenters. The standard InChI is InChI=1S/C32H47N3O2/c1-21-10-11-26(18-22(21)2)32(36)33-27-19-28-12-13-29(20-27)35(28)25(5)30-14-15-31(24(4)23(30)3)37-17-9-8-16-34(6)7/h10-11,14-15,18,25,27-29H,8-9,12-13,16-17,19-20H2,1-7H3,(H,33,36). The van der Waals surface area contributed by atoms with Crippen molar-refractivity contribution in [2.45, 2.75) is 97.3 Å². The predicted molar refractivity (Wildman–Crippen MR) is 153 cm³/mol. The summed E-state index contributed by atoms with van der Waals surface area (Å²) in [6, 6.07) is 12.1. The lowest BCUT2D eigenvalue weighted by Gasteiger charge is -2.43. The van der Waals surface area contributed by atoms with Crippen LogP contribution in [-0.4, -0.2) is 61.1 Å². The van der Waals surface area contributed by atoms with Crippen LogP contribution in [0.4, 0.5) is 0 Å². The molecule has 0 aliphatic carbocycles. The molecule has 0 radical (unpaired) electrons. The zero-order chi connectivity index (χ0) is 26.7. The number of ether oxygens (including phenoxy) is 1. The third kappa shape index (κ3) is 6.38. The molecule has 2 saturated heterocycles. The van der Waals surface area contributed by atoms with Crippen molar-refractivity contribution in [2.24, 2.45) is 0 Å². The minimum Gasteiger partial charge on any atom is -0.493 e. The normalized spacial score (nSPS) is 22.3. The minimum atomic E-state index is 0.0674. The number of hydrogen-bond acceptors (Lipinski definition) is 4. The third-order valence-corrected chi connectivity index (χ3v) is 8.83. The molecule has 3 unspecified atom stereocenters. The number of rotatable bonds is 10. The second kappa shape index (κ2) is 12.0. The Morgan fingerprint density at radius 3 is 2.35 bits per heavy atom. The fraction of sp³-hybridized carbons (Fsp3) is 0.594. The van der Waals surface area contributed by atoms with Crippen LogP contribution < -0.4 is 10.1 Å². The molecule has 5 heteroatoms. The molecule has 2 bridgehead atoms. The molecule has 1 N–H and O–H groups in total. The van der Waals surface area contributed by atoms with Crippen molar-refractivity contribution < 1.29 is 9.53 Å². The van der Waals surface area contributed by atoms with E-state index < -0.39 is 0 Å². The van der Waals surface area contributed by atoms with E-state index in [0.29, 0.717) is 18.1 Å². The van der Waals surface area contributed by atoms with E-state index in [9.17, 15) is 4.79 Å². The topological polar surface area (TPSA) is 44.8 Å². The van der Waals surface area contributed by atoms with Crippen LogP contribution in [0, 0.1) is 27.7 Å². The molecule has 2 fully saturated rings. The van der Waals surface area contributed by atoms with Gasteiger partial charge < -0.3 is 15.0 Å². The van der Waals surface area contributed by atoms with E-state index in [-0.39, 0.29) is 11.9 Å². The monoisotopic (exact) mass is 505 g/mol. The van der Waals surface area contributed by atoms with Crippen LogP contribution in [0.3, 0.4) is 0 Å². The van der Waals surface area contributed by atoms with Gasteiger partial charge in [0.05, 0.1) is 6.61 Å². The maximum absolute atomic E-state index is 13.0. The highest BCUT2D eigenvalue weighted by molar-refractivity contribution is 5.94. The Hall–Kier alpha value is -2.37. The van der Waals surface area contributed by atoms with Gasteiger partial charge in [-0.15, -0.1) is 0 Å². The highest BCUT2D eigenvalue weighted by Gasteiger charge is 2.43. The van der Waals surface area contributed by atoms with Gasteiger partial charge in [-0.2, -0.15) is 0 Å². The summed E-state index contributed by atoms with van der Waals surface area (Å²) in [5.41, 5.74) is 7.19. The molecule has 202 valence electrons. The first-order valence-corrected chi connectivity index (χ1v) is 14.2. The van der Waals surface area contributed by atoms with Crippen molar-refractivity contribution in [2.75, 3.05) is 27.2 Å². The van der Waals surface area contributed by atoms with E-state index in [2.05, 4.69) is 76.0 Å². The van der Waals surface area contributed by atoms with Gasteiger partial charge in [0.15, 0.2) is 0 Å². The van der Waals surface area contributed by atoms with Crippen molar-refractivity contribution in [1.82, 2.24) is 15.1 Å². The third-order valence-electron chi connectivity index (χ3n) is 8.83. The van der Waals surface area contributed by atoms with Gasteiger partial charge in [-0.3, -0.25) is 9.69 Å². The zero-order valence-corrected chi connectivity index (χ0v) is 24.1. The summed E-state index contributed by atoms with van der Waals surface area (Å²) in [7, 11) is 4.23. The summed E-state index contributed by atoms with van der Waals surface area (Å²) >= 11 is 0. The lowest BCUT2D eigenvalue weighted by atomic mass is 9.91. The summed E-state index contributed by atoms with van der Waals surface area (Å²) in [5.74, 6) is 1.09. The first-order chi connectivity index (χ1) is 17.7. The van der Waals surface area contributed by atoms with Crippen molar-refractivity contribution in [3.8, 4) is 5.75 Å². The van der Waals surface area contributed by atoms with Gasteiger partial charge in [0, 0.05) is 29.7 Å². The molecule has 1 amide bonds. The Kier molecular flexibility index (Phi) is 8.97. The van der Waals surface area contributed by atoms with Crippen LogP contribution in [0.1, 0.15) is 89.7 Å². The second-order valence-corrected chi connectivity index (χ2v) is 11.7. The zero-order valence-electron chi connectivity index (χ0n) is 24.1. The summed E-state index contributed by atoms with van der Waals surface area (Å²) in [6.45, 7) is 12.8. The van der Waals surface area contributed by atoms with E-state index in [1.807, 2.05) is 18.2 Å². The largest absolute Gasteiger partial charge is 0.493 e. The summed E-state index contributed by atoms with van der Waals surface area (Å²) in [6.07, 6.45) is 6.73. The molecule has 2 aromatic rings. The van der Waals surface area contributed by atoms with Crippen molar-refractivity contribution in [3.05, 3.63) is 63.7 Å². The molecule has 2 aromatic carbocycles. The molecule has 2 aliphatic heterocycles. The lowest BCUT2D eigenvalue weighted by Crippen LogP contribution is -2.51. The van der Waals surface area contributed by atoms with E-state index in [4.69, 9.17) is 4.74 Å². The number of carbonyl (C=O) groups is 1. The number of hydrogen-bond donors (Lipinski definition) is 1. The summed E-state index contributed by atoms with van der Waals surface area (Å²) < 4.78 is 6.16. The highest BCUT2D eigenvalue weighted by Crippen LogP contribution is 2.43. The number of benzene rings is 2. The van der Waals surface area contributed by atoms with Gasteiger partial charge in [0.2, 0.25) is 0 Å². The number of amides is 1. The second-order valence-electron chi connectivity index (χ2n) is 11.7. The molecule has 2 aliphatic rings. The lowest BCUT2D eigenvalue weighted by molar-refractivity contribution is 0.0689. The first-order valence-electron chi connectivity index (χ1n) is 14.2. The number of carbonyl (C=O) groups excluding carboxylic acids is 1. The summed E-state index contributed by atoms with van der Waals surface area (Å²) in [5, 5.41) is 3.36. The number of piperidine rings is 1. The Balaban J connectivity index is 1.37. The fourth-order valence-corrected chi connectivity index (χ4v) is 6.41. The molecule has 5 nitrogen and oxygen atoms in total. The molecule has 0 saturated carbocycles. The van der Waals surface area contributed by atoms with Crippen molar-refractivity contribution in [3.63, 3.8) is 0 Å². The molecular weight excluding hydrogens is 458 g/mol. The number of unbranched alkanes of at least 4 members (excludes halogenated alkanes) is 1. The molecule has 4 rings (SSSR count). The van der Waals surface area contributed by atoms with Gasteiger partial charge >= 0.3 is 0 Å². The summed E-state index contributed by atoms with van der Waals surface area (Å²) in [4.78, 5) is 17.9. The van der Waals surface area contributed by atoms with Gasteiger partial charge in [-0.05, 0) is 140 Å². The van der Waals surface area contributed by atoms with E-state index >= 15 is 0 Å². The Bertz CT molecular complexity index is 1080. The smallest absolute Gasteiger partial charge is 0.251 e. The van der Waals surface area contributed by atoms with Crippen molar-refractivity contribution >= 4 is 5.91 Å². The van der Waals surface area contributed by atoms with Crippen LogP contribution in [0.25, 0.3) is 0 Å². The molecule has 0 aromatic heterocycles. The maximum atomic E-state index is 13.0. The highest BCUT2D eigenvalue weighted by atomic mass is 16.5. The quantitative estimate of drug-likeness (QED) is 0.395. The van der Waals surface area contributed by atoms with Crippen LogP contribution in [0.15, 0.2) is 30.3 Å². The molecule has 0 spiro atoms. The van der Waals surface area contributed by atoms with Crippen LogP contribution in [0.5, 0.6) is 5.75 Å². The van der Waals surface area contributed by atoms with E-state index in [1.54, 1.807) is 0 Å². The predicted octanol–water partition coefficient (Wildman–Crippen LogP) is 6.13. The van der Waals surface area contributed by atoms with Gasteiger partial charge in [0.25, 0.3) is 5.91 Å². The molecule has 2 heterocycles. The molecular formula is C32H47N3O2. The Morgan fingerprint density at radius 1 is 1.00 bits per heavy atom. The average Bonchev–Trinajstić information content (AvgIpc) is 3.12.